The Morgan fingerprint density at radius 3 is 2.57 bits per heavy atom. The first-order valence-corrected chi connectivity index (χ1v) is 7.97. The van der Waals surface area contributed by atoms with Crippen LogP contribution in [0.2, 0.25) is 15.1 Å². The highest BCUT2D eigenvalue weighted by Crippen LogP contribution is 2.29. The Morgan fingerprint density at radius 1 is 1.04 bits per heavy atom. The highest BCUT2D eigenvalue weighted by molar-refractivity contribution is 6.37. The number of allylic oxidation sites excluding steroid dienone is 1. The number of ether oxygens (including phenoxy) is 1. The summed E-state index contributed by atoms with van der Waals surface area (Å²) in [7, 11) is 0. The van der Waals surface area contributed by atoms with Crippen LogP contribution in [-0.2, 0) is 0 Å². The quantitative estimate of drug-likeness (QED) is 0.503. The number of carbonyl (C=O) groups excluding carboxylic acids is 1. The van der Waals surface area contributed by atoms with Crippen LogP contribution in [-0.4, -0.2) is 12.4 Å². The number of hydrogen-bond acceptors (Lipinski definition) is 2. The van der Waals surface area contributed by atoms with Gasteiger partial charge in [0.05, 0.1) is 5.02 Å². The van der Waals surface area contributed by atoms with Crippen molar-refractivity contribution in [3.05, 3.63) is 80.3 Å². The Kier molecular flexibility index (Phi) is 4.76. The van der Waals surface area contributed by atoms with Gasteiger partial charge in [-0.1, -0.05) is 40.9 Å². The molecule has 0 aliphatic carbocycles. The van der Waals surface area contributed by atoms with Gasteiger partial charge in [-0.05, 0) is 54.1 Å². The van der Waals surface area contributed by atoms with Crippen molar-refractivity contribution in [3.63, 3.8) is 0 Å². The van der Waals surface area contributed by atoms with Crippen molar-refractivity contribution in [2.75, 3.05) is 6.61 Å². The molecule has 1 aliphatic heterocycles. The van der Waals surface area contributed by atoms with Gasteiger partial charge in [-0.2, -0.15) is 0 Å². The lowest BCUT2D eigenvalue weighted by Gasteiger charge is -2.16. The summed E-state index contributed by atoms with van der Waals surface area (Å²) in [6.45, 7) is 0.396. The summed E-state index contributed by atoms with van der Waals surface area (Å²) >= 11 is 17.8. The van der Waals surface area contributed by atoms with Crippen molar-refractivity contribution < 1.29 is 9.53 Å². The van der Waals surface area contributed by atoms with E-state index in [0.717, 1.165) is 16.9 Å². The minimum Gasteiger partial charge on any atom is -0.488 e. The number of benzene rings is 2. The zero-order valence-electron chi connectivity index (χ0n) is 11.9. The van der Waals surface area contributed by atoms with Crippen LogP contribution < -0.4 is 4.74 Å². The fourth-order valence-corrected chi connectivity index (χ4v) is 2.91. The molecule has 2 aromatic carbocycles. The Hall–Kier alpha value is -1.74. The highest BCUT2D eigenvalue weighted by Gasteiger charge is 2.11. The van der Waals surface area contributed by atoms with E-state index in [-0.39, 0.29) is 5.78 Å². The molecule has 0 saturated heterocycles. The summed E-state index contributed by atoms with van der Waals surface area (Å²) in [6.07, 6.45) is 5.13. The van der Waals surface area contributed by atoms with Gasteiger partial charge < -0.3 is 4.74 Å². The first kappa shape index (κ1) is 16.1. The van der Waals surface area contributed by atoms with Crippen LogP contribution in [0.1, 0.15) is 15.9 Å². The molecule has 2 aromatic rings. The molecule has 0 N–H and O–H groups in total. The fraction of sp³-hybridized carbons (Fsp3) is 0.0556. The number of carbonyl (C=O) groups is 1. The summed E-state index contributed by atoms with van der Waals surface area (Å²) in [5.41, 5.74) is 2.17. The lowest BCUT2D eigenvalue weighted by atomic mass is 10.1. The highest BCUT2D eigenvalue weighted by atomic mass is 35.5. The van der Waals surface area contributed by atoms with Crippen molar-refractivity contribution in [1.82, 2.24) is 0 Å². The van der Waals surface area contributed by atoms with Crippen LogP contribution in [0.5, 0.6) is 5.75 Å². The maximum absolute atomic E-state index is 12.2. The molecule has 1 aliphatic rings. The molecule has 0 fully saturated rings. The average molecular weight is 366 g/mol. The molecule has 0 amide bonds. The van der Waals surface area contributed by atoms with Crippen molar-refractivity contribution in [2.24, 2.45) is 0 Å². The second-order valence-corrected chi connectivity index (χ2v) is 6.29. The molecule has 0 saturated carbocycles. The monoisotopic (exact) mass is 364 g/mol. The van der Waals surface area contributed by atoms with Crippen molar-refractivity contribution in [2.45, 2.75) is 0 Å². The maximum atomic E-state index is 12.2. The Bertz CT molecular complexity index is 838. The first-order valence-electron chi connectivity index (χ1n) is 6.83. The van der Waals surface area contributed by atoms with Gasteiger partial charge in [0, 0.05) is 21.2 Å². The number of ketones is 1. The minimum absolute atomic E-state index is 0.190. The SMILES string of the molecule is O=C(/C=C/C1=Cc2cc(Cl)ccc2OC1)c1ccc(Cl)cc1Cl. The molecule has 0 atom stereocenters. The summed E-state index contributed by atoms with van der Waals surface area (Å²) in [6, 6.07) is 10.2. The predicted octanol–water partition coefficient (Wildman–Crippen LogP) is 5.86. The third-order valence-electron chi connectivity index (χ3n) is 3.35. The number of hydrogen-bond donors (Lipinski definition) is 0. The minimum atomic E-state index is -0.190. The molecule has 23 heavy (non-hydrogen) atoms. The van der Waals surface area contributed by atoms with E-state index >= 15 is 0 Å². The third kappa shape index (κ3) is 3.78. The smallest absolute Gasteiger partial charge is 0.187 e. The lowest BCUT2D eigenvalue weighted by molar-refractivity contribution is 0.104. The van der Waals surface area contributed by atoms with Crippen LogP contribution in [0.25, 0.3) is 6.08 Å². The molecule has 2 nitrogen and oxygen atoms in total. The van der Waals surface area contributed by atoms with E-state index < -0.39 is 0 Å². The third-order valence-corrected chi connectivity index (χ3v) is 4.14. The van der Waals surface area contributed by atoms with E-state index in [1.54, 1.807) is 30.3 Å². The standard InChI is InChI=1S/C18H11Cl3O2/c19-13-3-6-18-12(8-13)7-11(10-23-18)1-5-17(22)15-4-2-14(20)9-16(15)21/h1-9H,10H2/b5-1+. The molecule has 0 radical (unpaired) electrons. The molecular weight excluding hydrogens is 355 g/mol. The van der Waals surface area contributed by atoms with E-state index in [1.165, 1.54) is 6.08 Å². The number of fused-ring (bicyclic) bond motifs is 1. The number of halogens is 3. The van der Waals surface area contributed by atoms with E-state index in [2.05, 4.69) is 0 Å². The normalized spacial score (nSPS) is 13.4. The second-order valence-electron chi connectivity index (χ2n) is 5.01. The van der Waals surface area contributed by atoms with Crippen LogP contribution in [0.3, 0.4) is 0 Å². The summed E-state index contributed by atoms with van der Waals surface area (Å²) in [5.74, 6) is 0.586. The zero-order valence-corrected chi connectivity index (χ0v) is 14.1. The van der Waals surface area contributed by atoms with Crippen LogP contribution >= 0.6 is 34.8 Å². The molecule has 3 rings (SSSR count). The molecule has 0 spiro atoms. The van der Waals surface area contributed by atoms with Gasteiger partial charge in [0.1, 0.15) is 12.4 Å². The van der Waals surface area contributed by atoms with E-state index in [9.17, 15) is 4.79 Å². The summed E-state index contributed by atoms with van der Waals surface area (Å²) in [5, 5.41) is 1.46. The van der Waals surface area contributed by atoms with Gasteiger partial charge in [-0.3, -0.25) is 4.79 Å². The Balaban J connectivity index is 1.81. The van der Waals surface area contributed by atoms with Gasteiger partial charge in [0.15, 0.2) is 5.78 Å². The van der Waals surface area contributed by atoms with Gasteiger partial charge in [0.25, 0.3) is 0 Å². The summed E-state index contributed by atoms with van der Waals surface area (Å²) in [4.78, 5) is 12.2. The molecule has 0 unspecified atom stereocenters. The fourth-order valence-electron chi connectivity index (χ4n) is 2.22. The molecule has 5 heteroatoms. The summed E-state index contributed by atoms with van der Waals surface area (Å²) < 4.78 is 5.64. The van der Waals surface area contributed by atoms with E-state index in [1.807, 2.05) is 18.2 Å². The molecular formula is C18H11Cl3O2. The van der Waals surface area contributed by atoms with Gasteiger partial charge in [-0.25, -0.2) is 0 Å². The Labute approximate surface area is 148 Å². The van der Waals surface area contributed by atoms with Crippen LogP contribution in [0.4, 0.5) is 0 Å². The topological polar surface area (TPSA) is 26.3 Å². The average Bonchev–Trinajstić information content (AvgIpc) is 2.52. The van der Waals surface area contributed by atoms with Gasteiger partial charge in [0.2, 0.25) is 0 Å². The Morgan fingerprint density at radius 2 is 1.78 bits per heavy atom. The maximum Gasteiger partial charge on any atom is 0.187 e. The van der Waals surface area contributed by atoms with Gasteiger partial charge in [-0.15, -0.1) is 0 Å². The van der Waals surface area contributed by atoms with Crippen LogP contribution in [0, 0.1) is 0 Å². The first-order chi connectivity index (χ1) is 11.0. The molecule has 0 bridgehead atoms. The molecule has 1 heterocycles. The van der Waals surface area contributed by atoms with Crippen molar-refractivity contribution >= 4 is 46.7 Å². The van der Waals surface area contributed by atoms with Crippen molar-refractivity contribution in [1.29, 1.82) is 0 Å². The van der Waals surface area contributed by atoms with Gasteiger partial charge >= 0.3 is 0 Å². The number of rotatable bonds is 3. The molecule has 0 aromatic heterocycles. The van der Waals surface area contributed by atoms with E-state index in [4.69, 9.17) is 39.5 Å². The van der Waals surface area contributed by atoms with Crippen LogP contribution in [0.15, 0.2) is 54.1 Å². The van der Waals surface area contributed by atoms with Crippen molar-refractivity contribution in [3.8, 4) is 5.75 Å². The lowest BCUT2D eigenvalue weighted by Crippen LogP contribution is -2.06. The molecule has 116 valence electrons. The second kappa shape index (κ2) is 6.79. The largest absolute Gasteiger partial charge is 0.488 e. The van der Waals surface area contributed by atoms with E-state index in [0.29, 0.717) is 27.2 Å². The zero-order chi connectivity index (χ0) is 16.4. The predicted molar refractivity (Wildman–Crippen MR) is 94.9 cm³/mol.